The van der Waals surface area contributed by atoms with Gasteiger partial charge in [0.1, 0.15) is 0 Å². The van der Waals surface area contributed by atoms with E-state index >= 15 is 0 Å². The number of carbonyl (C=O) groups excluding carboxylic acids is 1. The summed E-state index contributed by atoms with van der Waals surface area (Å²) in [5.74, 6) is 2.54. The van der Waals surface area contributed by atoms with Crippen molar-refractivity contribution in [3.8, 4) is 22.9 Å². The van der Waals surface area contributed by atoms with Crippen LogP contribution >= 0.6 is 11.8 Å². The molecule has 0 bridgehead atoms. The van der Waals surface area contributed by atoms with E-state index in [9.17, 15) is 4.79 Å². The molecule has 1 aliphatic heterocycles. The maximum atomic E-state index is 12.5. The highest BCUT2D eigenvalue weighted by atomic mass is 32.2. The van der Waals surface area contributed by atoms with Crippen molar-refractivity contribution in [3.05, 3.63) is 48.0 Å². The number of fused-ring (bicyclic) bond motifs is 1. The highest BCUT2D eigenvalue weighted by molar-refractivity contribution is 7.99. The van der Waals surface area contributed by atoms with Gasteiger partial charge in [0.15, 0.2) is 22.5 Å². The number of aryl methyl sites for hydroxylation is 1. The van der Waals surface area contributed by atoms with Crippen molar-refractivity contribution in [2.24, 2.45) is 0 Å². The van der Waals surface area contributed by atoms with Gasteiger partial charge in [-0.3, -0.25) is 9.36 Å². The van der Waals surface area contributed by atoms with Gasteiger partial charge < -0.3 is 14.8 Å². The molecule has 2 heterocycles. The van der Waals surface area contributed by atoms with Crippen molar-refractivity contribution in [2.45, 2.75) is 37.4 Å². The number of hydrogen-bond acceptors (Lipinski definition) is 6. The average molecular weight is 437 g/mol. The van der Waals surface area contributed by atoms with E-state index in [-0.39, 0.29) is 11.7 Å². The summed E-state index contributed by atoms with van der Waals surface area (Å²) in [6.45, 7) is 3.28. The molecule has 31 heavy (non-hydrogen) atoms. The van der Waals surface area contributed by atoms with Gasteiger partial charge in [0.25, 0.3) is 0 Å². The molecule has 160 valence electrons. The summed E-state index contributed by atoms with van der Waals surface area (Å²) < 4.78 is 13.7. The van der Waals surface area contributed by atoms with Crippen molar-refractivity contribution < 1.29 is 14.3 Å². The van der Waals surface area contributed by atoms with Gasteiger partial charge in [0.05, 0.1) is 19.0 Å². The third-order valence-corrected chi connectivity index (χ3v) is 6.28. The third-order valence-electron chi connectivity index (χ3n) is 5.33. The molecule has 0 saturated heterocycles. The predicted molar refractivity (Wildman–Crippen MR) is 120 cm³/mol. The van der Waals surface area contributed by atoms with Crippen molar-refractivity contribution in [1.29, 1.82) is 0 Å². The number of aromatic nitrogens is 3. The Kier molecular flexibility index (Phi) is 5.55. The van der Waals surface area contributed by atoms with E-state index in [1.54, 1.807) is 0 Å². The standard InChI is InChI=1S/C23H24N4O3S/c1-15-5-2-3-6-18(15)24-21(28)14-31-23-26-25-22(27(23)17-8-9-17)16-7-10-19-20(13-16)30-12-4-11-29-19/h2-3,5-7,10,13,17H,4,8-9,11-12,14H2,1H3,(H,24,28). The Morgan fingerprint density at radius 1 is 1.13 bits per heavy atom. The molecule has 8 heteroatoms. The van der Waals surface area contributed by atoms with E-state index in [0.717, 1.165) is 58.6 Å². The first kappa shape index (κ1) is 19.9. The Morgan fingerprint density at radius 2 is 1.94 bits per heavy atom. The molecule has 0 radical (unpaired) electrons. The molecule has 7 nitrogen and oxygen atoms in total. The first-order valence-electron chi connectivity index (χ1n) is 10.5. The van der Waals surface area contributed by atoms with E-state index in [0.29, 0.717) is 19.3 Å². The molecule has 0 spiro atoms. The zero-order valence-corrected chi connectivity index (χ0v) is 18.2. The van der Waals surface area contributed by atoms with Crippen molar-refractivity contribution >= 4 is 23.4 Å². The number of hydrogen-bond donors (Lipinski definition) is 1. The van der Waals surface area contributed by atoms with Gasteiger partial charge in [-0.05, 0) is 49.6 Å². The SMILES string of the molecule is Cc1ccccc1NC(=O)CSc1nnc(-c2ccc3c(c2)OCCCO3)n1C1CC1. The predicted octanol–water partition coefficient (Wildman–Crippen LogP) is 4.48. The molecule has 2 aromatic carbocycles. The van der Waals surface area contributed by atoms with Crippen LogP contribution in [0.15, 0.2) is 47.6 Å². The fourth-order valence-corrected chi connectivity index (χ4v) is 4.37. The number of carbonyl (C=O) groups is 1. The Bertz CT molecular complexity index is 1110. The van der Waals surface area contributed by atoms with Crippen LogP contribution < -0.4 is 14.8 Å². The first-order chi connectivity index (χ1) is 15.2. The number of rotatable bonds is 6. The smallest absolute Gasteiger partial charge is 0.234 e. The average Bonchev–Trinajstić information content (AvgIpc) is 3.57. The number of nitrogens with one attached hydrogen (secondary N) is 1. The lowest BCUT2D eigenvalue weighted by Gasteiger charge is -2.12. The number of anilines is 1. The van der Waals surface area contributed by atoms with Gasteiger partial charge in [0, 0.05) is 23.7 Å². The van der Waals surface area contributed by atoms with Crippen LogP contribution in [0.4, 0.5) is 5.69 Å². The van der Waals surface area contributed by atoms with E-state index in [4.69, 9.17) is 9.47 Å². The van der Waals surface area contributed by atoms with Gasteiger partial charge in [-0.1, -0.05) is 30.0 Å². The second kappa shape index (κ2) is 8.63. The molecule has 2 aliphatic rings. The lowest BCUT2D eigenvalue weighted by Crippen LogP contribution is -2.15. The summed E-state index contributed by atoms with van der Waals surface area (Å²) in [4.78, 5) is 12.5. The minimum Gasteiger partial charge on any atom is -0.490 e. The van der Waals surface area contributed by atoms with Gasteiger partial charge in [-0.15, -0.1) is 10.2 Å². The van der Waals surface area contributed by atoms with Crippen molar-refractivity contribution in [1.82, 2.24) is 14.8 Å². The monoisotopic (exact) mass is 436 g/mol. The second-order valence-corrected chi connectivity index (χ2v) is 8.71. The first-order valence-corrected chi connectivity index (χ1v) is 11.5. The minimum atomic E-state index is -0.0539. The number of amides is 1. The Hall–Kier alpha value is -3.00. The van der Waals surface area contributed by atoms with E-state index in [2.05, 4.69) is 20.1 Å². The molecule has 1 amide bonds. The lowest BCUT2D eigenvalue weighted by molar-refractivity contribution is -0.113. The topological polar surface area (TPSA) is 78.3 Å². The summed E-state index contributed by atoms with van der Waals surface area (Å²) in [6, 6.07) is 14.0. The molecule has 1 aromatic heterocycles. The summed E-state index contributed by atoms with van der Waals surface area (Å²) >= 11 is 1.42. The normalized spacial score (nSPS) is 15.4. The zero-order chi connectivity index (χ0) is 21.2. The Morgan fingerprint density at radius 3 is 2.74 bits per heavy atom. The van der Waals surface area contributed by atoms with Crippen LogP contribution in [-0.2, 0) is 4.79 Å². The highest BCUT2D eigenvalue weighted by Gasteiger charge is 2.30. The Labute approximate surface area is 185 Å². The number of ether oxygens (including phenoxy) is 2. The molecular formula is C23H24N4O3S. The van der Waals surface area contributed by atoms with Gasteiger partial charge in [-0.25, -0.2) is 0 Å². The molecule has 0 atom stereocenters. The van der Waals surface area contributed by atoms with Crippen LogP contribution in [-0.4, -0.2) is 39.6 Å². The van der Waals surface area contributed by atoms with Gasteiger partial charge >= 0.3 is 0 Å². The Balaban J connectivity index is 1.34. The molecule has 5 rings (SSSR count). The van der Waals surface area contributed by atoms with E-state index in [1.165, 1.54) is 11.8 Å². The number of thioether (sulfide) groups is 1. The summed E-state index contributed by atoms with van der Waals surface area (Å²) in [7, 11) is 0. The summed E-state index contributed by atoms with van der Waals surface area (Å²) in [6.07, 6.45) is 3.06. The molecule has 3 aromatic rings. The molecular weight excluding hydrogens is 412 g/mol. The molecule has 1 fully saturated rings. The molecule has 1 saturated carbocycles. The van der Waals surface area contributed by atoms with Crippen LogP contribution in [0.5, 0.6) is 11.5 Å². The number of nitrogens with zero attached hydrogens (tertiary/aromatic N) is 3. The maximum Gasteiger partial charge on any atom is 0.234 e. The molecule has 1 aliphatic carbocycles. The van der Waals surface area contributed by atoms with Crippen molar-refractivity contribution in [3.63, 3.8) is 0 Å². The number of benzene rings is 2. The lowest BCUT2D eigenvalue weighted by atomic mass is 10.2. The van der Waals surface area contributed by atoms with Crippen molar-refractivity contribution in [2.75, 3.05) is 24.3 Å². The summed E-state index contributed by atoms with van der Waals surface area (Å²) in [5.41, 5.74) is 2.82. The second-order valence-electron chi connectivity index (χ2n) is 7.77. The van der Waals surface area contributed by atoms with Crippen LogP contribution in [0, 0.1) is 6.92 Å². The van der Waals surface area contributed by atoms with Crippen LogP contribution in [0.1, 0.15) is 30.9 Å². The van der Waals surface area contributed by atoms with Crippen LogP contribution in [0.3, 0.4) is 0 Å². The number of para-hydroxylation sites is 1. The quantitative estimate of drug-likeness (QED) is 0.574. The fraction of sp³-hybridized carbons (Fsp3) is 0.348. The van der Waals surface area contributed by atoms with E-state index < -0.39 is 0 Å². The molecule has 1 N–H and O–H groups in total. The maximum absolute atomic E-state index is 12.5. The van der Waals surface area contributed by atoms with Crippen LogP contribution in [0.25, 0.3) is 11.4 Å². The van der Waals surface area contributed by atoms with Gasteiger partial charge in [-0.2, -0.15) is 0 Å². The van der Waals surface area contributed by atoms with Crippen LogP contribution in [0.2, 0.25) is 0 Å². The fourth-order valence-electron chi connectivity index (χ4n) is 3.57. The largest absolute Gasteiger partial charge is 0.490 e. The van der Waals surface area contributed by atoms with Gasteiger partial charge in [0.2, 0.25) is 5.91 Å². The highest BCUT2D eigenvalue weighted by Crippen LogP contribution is 2.42. The summed E-state index contributed by atoms with van der Waals surface area (Å²) in [5, 5.41) is 12.6. The van der Waals surface area contributed by atoms with E-state index in [1.807, 2.05) is 49.4 Å². The third kappa shape index (κ3) is 4.39. The zero-order valence-electron chi connectivity index (χ0n) is 17.3. The molecule has 0 unspecified atom stereocenters. The minimum absolute atomic E-state index is 0.0539.